The molecule has 0 fully saturated rings. The molecule has 0 bridgehead atoms. The zero-order valence-electron chi connectivity index (χ0n) is 9.14. The summed E-state index contributed by atoms with van der Waals surface area (Å²) in [6.07, 6.45) is 2.27. The Morgan fingerprint density at radius 2 is 2.00 bits per heavy atom. The van der Waals surface area contributed by atoms with Crippen LogP contribution in [0.4, 0.5) is 5.82 Å². The fraction of sp³-hybridized carbons (Fsp3) is 0.444. The van der Waals surface area contributed by atoms with Crippen molar-refractivity contribution in [1.29, 1.82) is 0 Å². The average Bonchev–Trinajstić information content (AvgIpc) is 2.16. The molecular weight excluding hydrogens is 214 g/mol. The second kappa shape index (κ2) is 5.95. The molecule has 0 saturated carbocycles. The number of anilines is 1. The molecule has 0 aliphatic carbocycles. The summed E-state index contributed by atoms with van der Waals surface area (Å²) in [4.78, 5) is 6.00. The Morgan fingerprint density at radius 3 is 2.40 bits per heavy atom. The van der Waals surface area contributed by atoms with Gasteiger partial charge in [-0.25, -0.2) is 4.98 Å². The number of aromatic nitrogens is 1. The highest BCUT2D eigenvalue weighted by molar-refractivity contribution is 6.59. The number of rotatable bonds is 3. The lowest BCUT2D eigenvalue weighted by Crippen LogP contribution is -2.33. The van der Waals surface area contributed by atoms with E-state index in [1.807, 2.05) is 32.0 Å². The van der Waals surface area contributed by atoms with Crippen molar-refractivity contribution in [3.05, 3.63) is 17.8 Å². The first kappa shape index (κ1) is 14.2. The fourth-order valence-corrected chi connectivity index (χ4v) is 1.28. The Morgan fingerprint density at radius 1 is 1.40 bits per heavy atom. The standard InChI is InChI=1S/C9H15BN2O2.ClH/c1-4-7-5-9(12(2)3)11-6-8(7)10(13)14;/h5-6,13-14H,4H2,1-3H3;1H. The van der Waals surface area contributed by atoms with Crippen LogP contribution in [0.15, 0.2) is 12.3 Å². The van der Waals surface area contributed by atoms with E-state index in [1.54, 1.807) is 0 Å². The quantitative estimate of drug-likeness (QED) is 0.707. The third-order valence-electron chi connectivity index (χ3n) is 2.13. The lowest BCUT2D eigenvalue weighted by Gasteiger charge is -2.14. The molecule has 2 N–H and O–H groups in total. The molecule has 0 radical (unpaired) electrons. The molecule has 1 aromatic rings. The van der Waals surface area contributed by atoms with E-state index in [0.29, 0.717) is 5.46 Å². The third-order valence-corrected chi connectivity index (χ3v) is 2.13. The van der Waals surface area contributed by atoms with Crippen molar-refractivity contribution in [2.45, 2.75) is 13.3 Å². The smallest absolute Gasteiger partial charge is 0.423 e. The van der Waals surface area contributed by atoms with Gasteiger partial charge in [0.15, 0.2) is 0 Å². The lowest BCUT2D eigenvalue weighted by molar-refractivity contribution is 0.425. The van der Waals surface area contributed by atoms with Crippen molar-refractivity contribution >= 4 is 30.8 Å². The second-order valence-electron chi connectivity index (χ2n) is 3.36. The first-order valence-electron chi connectivity index (χ1n) is 4.58. The maximum atomic E-state index is 9.07. The summed E-state index contributed by atoms with van der Waals surface area (Å²) < 4.78 is 0. The van der Waals surface area contributed by atoms with Crippen LogP contribution in [0.2, 0.25) is 0 Å². The molecule has 0 atom stereocenters. The third kappa shape index (κ3) is 3.37. The van der Waals surface area contributed by atoms with Crippen LogP contribution in [-0.2, 0) is 6.42 Å². The number of nitrogens with zero attached hydrogens (tertiary/aromatic N) is 2. The second-order valence-corrected chi connectivity index (χ2v) is 3.36. The molecule has 0 aromatic carbocycles. The molecule has 15 heavy (non-hydrogen) atoms. The van der Waals surface area contributed by atoms with E-state index in [1.165, 1.54) is 6.20 Å². The van der Waals surface area contributed by atoms with Crippen LogP contribution in [0.25, 0.3) is 0 Å². The molecule has 0 saturated heterocycles. The van der Waals surface area contributed by atoms with Gasteiger partial charge in [-0.2, -0.15) is 0 Å². The van der Waals surface area contributed by atoms with Crippen LogP contribution in [0, 0.1) is 0 Å². The van der Waals surface area contributed by atoms with Gasteiger partial charge in [-0.1, -0.05) is 6.92 Å². The van der Waals surface area contributed by atoms with Gasteiger partial charge in [-0.3, -0.25) is 0 Å². The number of halogens is 1. The molecular formula is C9H16BClN2O2. The average molecular weight is 231 g/mol. The van der Waals surface area contributed by atoms with Gasteiger partial charge in [-0.15, -0.1) is 12.4 Å². The van der Waals surface area contributed by atoms with Crippen molar-refractivity contribution in [1.82, 2.24) is 4.98 Å². The van der Waals surface area contributed by atoms with E-state index < -0.39 is 7.12 Å². The maximum absolute atomic E-state index is 9.07. The number of hydrogen-bond donors (Lipinski definition) is 2. The van der Waals surface area contributed by atoms with Gasteiger partial charge >= 0.3 is 7.12 Å². The van der Waals surface area contributed by atoms with E-state index in [2.05, 4.69) is 4.98 Å². The SMILES string of the molecule is CCc1cc(N(C)C)ncc1B(O)O.Cl. The van der Waals surface area contributed by atoms with Crippen molar-refractivity contribution < 1.29 is 10.0 Å². The molecule has 1 heterocycles. The summed E-state index contributed by atoms with van der Waals surface area (Å²) in [6, 6.07) is 1.87. The van der Waals surface area contributed by atoms with E-state index in [4.69, 9.17) is 10.0 Å². The minimum absolute atomic E-state index is 0. The van der Waals surface area contributed by atoms with E-state index >= 15 is 0 Å². The van der Waals surface area contributed by atoms with Crippen molar-refractivity contribution in [2.24, 2.45) is 0 Å². The minimum Gasteiger partial charge on any atom is -0.423 e. The topological polar surface area (TPSA) is 56.6 Å². The van der Waals surface area contributed by atoms with E-state index in [-0.39, 0.29) is 12.4 Å². The molecule has 84 valence electrons. The molecule has 4 nitrogen and oxygen atoms in total. The number of pyridine rings is 1. The van der Waals surface area contributed by atoms with Gasteiger partial charge in [0.2, 0.25) is 0 Å². The highest BCUT2D eigenvalue weighted by Gasteiger charge is 2.16. The van der Waals surface area contributed by atoms with Gasteiger partial charge in [-0.05, 0) is 18.1 Å². The predicted octanol–water partition coefficient (Wildman–Crippen LogP) is -0.188. The first-order chi connectivity index (χ1) is 6.56. The summed E-state index contributed by atoms with van der Waals surface area (Å²) in [5, 5.41) is 18.1. The Hall–Kier alpha value is -0.775. The first-order valence-corrected chi connectivity index (χ1v) is 4.58. The largest absolute Gasteiger partial charge is 0.490 e. The Bertz CT molecular complexity index is 321. The number of aryl methyl sites for hydroxylation is 1. The summed E-state index contributed by atoms with van der Waals surface area (Å²) in [5.74, 6) is 0.825. The molecule has 0 unspecified atom stereocenters. The molecule has 6 heteroatoms. The summed E-state index contributed by atoms with van der Waals surface area (Å²) in [6.45, 7) is 1.97. The van der Waals surface area contributed by atoms with Crippen LogP contribution < -0.4 is 10.4 Å². The van der Waals surface area contributed by atoms with Crippen LogP contribution >= 0.6 is 12.4 Å². The molecule has 1 aromatic heterocycles. The van der Waals surface area contributed by atoms with Gasteiger partial charge < -0.3 is 14.9 Å². The summed E-state index contributed by atoms with van der Waals surface area (Å²) in [5.41, 5.74) is 1.40. The monoisotopic (exact) mass is 230 g/mol. The van der Waals surface area contributed by atoms with Crippen LogP contribution in [0.5, 0.6) is 0 Å². The fourth-order valence-electron chi connectivity index (χ4n) is 1.28. The Balaban J connectivity index is 0.00000196. The lowest BCUT2D eigenvalue weighted by atomic mass is 9.77. The maximum Gasteiger partial charge on any atom is 0.490 e. The molecule has 0 spiro atoms. The van der Waals surface area contributed by atoms with Gasteiger partial charge in [0, 0.05) is 25.8 Å². The summed E-state index contributed by atoms with van der Waals surface area (Å²) in [7, 11) is 2.36. The Labute approximate surface area is 96.5 Å². The predicted molar refractivity (Wildman–Crippen MR) is 65.0 cm³/mol. The molecule has 0 aliphatic heterocycles. The van der Waals surface area contributed by atoms with E-state index in [0.717, 1.165) is 17.8 Å². The van der Waals surface area contributed by atoms with Gasteiger partial charge in [0.25, 0.3) is 0 Å². The van der Waals surface area contributed by atoms with Crippen molar-refractivity contribution in [3.8, 4) is 0 Å². The zero-order valence-corrected chi connectivity index (χ0v) is 9.95. The normalized spacial score (nSPS) is 9.40. The van der Waals surface area contributed by atoms with E-state index in [9.17, 15) is 0 Å². The van der Waals surface area contributed by atoms with Crippen LogP contribution in [0.1, 0.15) is 12.5 Å². The highest BCUT2D eigenvalue weighted by atomic mass is 35.5. The van der Waals surface area contributed by atoms with Gasteiger partial charge in [0.1, 0.15) is 5.82 Å². The Kier molecular flexibility index (Phi) is 5.64. The van der Waals surface area contributed by atoms with Gasteiger partial charge in [0.05, 0.1) is 0 Å². The molecule has 0 amide bonds. The highest BCUT2D eigenvalue weighted by Crippen LogP contribution is 2.08. The van der Waals surface area contributed by atoms with Crippen LogP contribution in [-0.4, -0.2) is 36.2 Å². The minimum atomic E-state index is -1.44. The molecule has 1 rings (SSSR count). The number of hydrogen-bond acceptors (Lipinski definition) is 4. The summed E-state index contributed by atoms with van der Waals surface area (Å²) >= 11 is 0. The molecule has 0 aliphatic rings. The van der Waals surface area contributed by atoms with Crippen LogP contribution in [0.3, 0.4) is 0 Å². The zero-order chi connectivity index (χ0) is 10.7. The van der Waals surface area contributed by atoms with Crippen molar-refractivity contribution in [3.63, 3.8) is 0 Å². The van der Waals surface area contributed by atoms with Crippen molar-refractivity contribution in [2.75, 3.05) is 19.0 Å².